The van der Waals surface area contributed by atoms with Gasteiger partial charge >= 0.3 is 0 Å². The molecule has 0 bridgehead atoms. The van der Waals surface area contributed by atoms with E-state index in [9.17, 15) is 16.8 Å². The summed E-state index contributed by atoms with van der Waals surface area (Å²) in [5, 5.41) is 2.58. The lowest BCUT2D eigenvalue weighted by Crippen LogP contribution is -2.43. The van der Waals surface area contributed by atoms with Crippen molar-refractivity contribution < 1.29 is 16.8 Å². The minimum Gasteiger partial charge on any atom is -0.312 e. The predicted octanol–water partition coefficient (Wildman–Crippen LogP) is 1.67. The van der Waals surface area contributed by atoms with Gasteiger partial charge in [0, 0.05) is 11.1 Å². The second kappa shape index (κ2) is 6.86. The molecule has 0 radical (unpaired) electrons. The number of sulfone groups is 2. The highest BCUT2D eigenvalue weighted by Gasteiger charge is 2.45. The van der Waals surface area contributed by atoms with Gasteiger partial charge in [-0.05, 0) is 37.2 Å². The van der Waals surface area contributed by atoms with Gasteiger partial charge in [0.2, 0.25) is 0 Å². The number of benzene rings is 1. The van der Waals surface area contributed by atoms with E-state index in [2.05, 4.69) is 5.32 Å². The Kier molecular flexibility index (Phi) is 5.53. The summed E-state index contributed by atoms with van der Waals surface area (Å²) in [5.41, 5.74) is 0. The molecule has 124 valence electrons. The zero-order valence-corrected chi connectivity index (χ0v) is 14.7. The fourth-order valence-electron chi connectivity index (χ4n) is 2.57. The first-order chi connectivity index (χ1) is 10.3. The Morgan fingerprint density at radius 2 is 1.86 bits per heavy atom. The molecule has 1 saturated heterocycles. The topological polar surface area (TPSA) is 80.3 Å². The molecule has 1 fully saturated rings. The molecule has 8 heteroatoms. The third kappa shape index (κ3) is 4.01. The minimum absolute atomic E-state index is 0.112. The maximum Gasteiger partial charge on any atom is 0.183 e. The van der Waals surface area contributed by atoms with Gasteiger partial charge in [-0.15, -0.1) is 0 Å². The summed E-state index contributed by atoms with van der Waals surface area (Å²) < 4.78 is 49.2. The molecule has 2 atom stereocenters. The molecule has 0 unspecified atom stereocenters. The first-order valence-electron chi connectivity index (χ1n) is 7.19. The first kappa shape index (κ1) is 17.7. The van der Waals surface area contributed by atoms with E-state index in [1.165, 1.54) is 24.3 Å². The summed E-state index contributed by atoms with van der Waals surface area (Å²) in [7, 11) is -7.06. The lowest BCUT2D eigenvalue weighted by Gasteiger charge is -2.20. The lowest BCUT2D eigenvalue weighted by atomic mass is 10.2. The molecule has 22 heavy (non-hydrogen) atoms. The van der Waals surface area contributed by atoms with Crippen LogP contribution in [-0.4, -0.2) is 46.2 Å². The van der Waals surface area contributed by atoms with Gasteiger partial charge in [-0.3, -0.25) is 0 Å². The Labute approximate surface area is 136 Å². The summed E-state index contributed by atoms with van der Waals surface area (Å²) in [6.07, 6.45) is 1.84. The average Bonchev–Trinajstić information content (AvgIpc) is 2.75. The molecule has 0 spiro atoms. The van der Waals surface area contributed by atoms with E-state index < -0.39 is 31.0 Å². The van der Waals surface area contributed by atoms with E-state index in [0.29, 0.717) is 11.6 Å². The number of nitrogens with one attached hydrogen (secondary N) is 1. The second-order valence-electron chi connectivity index (χ2n) is 5.53. The molecule has 1 aromatic carbocycles. The van der Waals surface area contributed by atoms with Gasteiger partial charge in [-0.2, -0.15) is 0 Å². The van der Waals surface area contributed by atoms with Crippen LogP contribution in [0.5, 0.6) is 0 Å². The summed E-state index contributed by atoms with van der Waals surface area (Å²) in [4.78, 5) is 0.112. The van der Waals surface area contributed by atoms with Crippen molar-refractivity contribution in [2.75, 3.05) is 18.1 Å². The zero-order chi connectivity index (χ0) is 16.4. The Morgan fingerprint density at radius 1 is 1.23 bits per heavy atom. The Hall–Kier alpha value is -0.630. The molecule has 0 saturated carbocycles. The van der Waals surface area contributed by atoms with E-state index in [4.69, 9.17) is 11.6 Å². The van der Waals surface area contributed by atoms with Crippen LogP contribution in [0.3, 0.4) is 0 Å². The molecule has 1 aromatic rings. The molecule has 2 rings (SSSR count). The average molecular weight is 366 g/mol. The maximum atomic E-state index is 12.7. The van der Waals surface area contributed by atoms with E-state index >= 15 is 0 Å². The van der Waals surface area contributed by atoms with Gasteiger partial charge in [-0.1, -0.05) is 24.9 Å². The molecule has 0 aromatic heterocycles. The van der Waals surface area contributed by atoms with Crippen molar-refractivity contribution >= 4 is 31.3 Å². The van der Waals surface area contributed by atoms with Crippen LogP contribution in [0, 0.1) is 0 Å². The van der Waals surface area contributed by atoms with E-state index in [0.717, 1.165) is 12.8 Å². The summed E-state index contributed by atoms with van der Waals surface area (Å²) in [5.74, 6) is -0.462. The lowest BCUT2D eigenvalue weighted by molar-refractivity contribution is 0.518. The maximum absolute atomic E-state index is 12.7. The van der Waals surface area contributed by atoms with Crippen LogP contribution < -0.4 is 5.32 Å². The summed E-state index contributed by atoms with van der Waals surface area (Å²) in [6.45, 7) is 2.64. The van der Waals surface area contributed by atoms with Crippen LogP contribution in [-0.2, 0) is 19.7 Å². The standard InChI is InChI=1S/C14H20ClNO4S2/c1-2-3-8-16-13-9-21(17,18)10-14(13)22(19,20)12-6-4-11(15)5-7-12/h4-7,13-14,16H,2-3,8-10H2,1H3/t13-,14-/m1/s1. The van der Waals surface area contributed by atoms with Crippen LogP contribution in [0.25, 0.3) is 0 Å². The van der Waals surface area contributed by atoms with Crippen molar-refractivity contribution in [1.82, 2.24) is 5.32 Å². The Bertz CT molecular complexity index is 714. The molecule has 1 aliphatic heterocycles. The van der Waals surface area contributed by atoms with Crippen molar-refractivity contribution in [3.63, 3.8) is 0 Å². The number of unbranched alkanes of at least 4 members (excludes halogenated alkanes) is 1. The quantitative estimate of drug-likeness (QED) is 0.775. The number of rotatable bonds is 6. The zero-order valence-electron chi connectivity index (χ0n) is 12.3. The second-order valence-corrected chi connectivity index (χ2v) is 10.3. The first-order valence-corrected chi connectivity index (χ1v) is 10.9. The molecular formula is C14H20ClNO4S2. The Balaban J connectivity index is 2.28. The van der Waals surface area contributed by atoms with E-state index in [1.54, 1.807) is 0 Å². The largest absolute Gasteiger partial charge is 0.312 e. The van der Waals surface area contributed by atoms with Crippen molar-refractivity contribution in [3.05, 3.63) is 29.3 Å². The van der Waals surface area contributed by atoms with Crippen LogP contribution in [0.1, 0.15) is 19.8 Å². The van der Waals surface area contributed by atoms with Gasteiger partial charge < -0.3 is 5.32 Å². The van der Waals surface area contributed by atoms with E-state index in [-0.39, 0.29) is 16.4 Å². The van der Waals surface area contributed by atoms with Gasteiger partial charge in [-0.25, -0.2) is 16.8 Å². The molecule has 1 aliphatic rings. The minimum atomic E-state index is -3.71. The fraction of sp³-hybridized carbons (Fsp3) is 0.571. The van der Waals surface area contributed by atoms with Crippen molar-refractivity contribution in [3.8, 4) is 0 Å². The predicted molar refractivity (Wildman–Crippen MR) is 87.8 cm³/mol. The van der Waals surface area contributed by atoms with Crippen LogP contribution in [0.2, 0.25) is 5.02 Å². The molecule has 5 nitrogen and oxygen atoms in total. The highest BCUT2D eigenvalue weighted by molar-refractivity contribution is 7.96. The SMILES string of the molecule is CCCCN[C@@H]1CS(=O)(=O)C[C@H]1S(=O)(=O)c1ccc(Cl)cc1. The highest BCUT2D eigenvalue weighted by atomic mass is 35.5. The molecule has 1 heterocycles. The molecule has 0 amide bonds. The van der Waals surface area contributed by atoms with Crippen LogP contribution in [0.4, 0.5) is 0 Å². The number of hydrogen-bond donors (Lipinski definition) is 1. The molecule has 1 N–H and O–H groups in total. The Morgan fingerprint density at radius 3 is 2.45 bits per heavy atom. The summed E-state index contributed by atoms with van der Waals surface area (Å²) in [6, 6.07) is 5.28. The highest BCUT2D eigenvalue weighted by Crippen LogP contribution is 2.26. The van der Waals surface area contributed by atoms with Crippen molar-refractivity contribution in [2.45, 2.75) is 36.0 Å². The smallest absolute Gasteiger partial charge is 0.183 e. The number of hydrogen-bond acceptors (Lipinski definition) is 5. The van der Waals surface area contributed by atoms with Crippen LogP contribution >= 0.6 is 11.6 Å². The van der Waals surface area contributed by atoms with Crippen LogP contribution in [0.15, 0.2) is 29.2 Å². The number of halogens is 1. The molecule has 0 aliphatic carbocycles. The molecular weight excluding hydrogens is 346 g/mol. The van der Waals surface area contributed by atoms with E-state index in [1.807, 2.05) is 6.92 Å². The third-order valence-corrected chi connectivity index (χ3v) is 8.20. The summed E-state index contributed by atoms with van der Waals surface area (Å²) >= 11 is 5.78. The van der Waals surface area contributed by atoms with Crippen molar-refractivity contribution in [2.24, 2.45) is 0 Å². The normalized spacial score (nSPS) is 24.5. The fourth-order valence-corrected chi connectivity index (χ4v) is 7.42. The van der Waals surface area contributed by atoms with Gasteiger partial charge in [0.1, 0.15) is 0 Å². The monoisotopic (exact) mass is 365 g/mol. The van der Waals surface area contributed by atoms with Gasteiger partial charge in [0.15, 0.2) is 19.7 Å². The third-order valence-electron chi connectivity index (χ3n) is 3.78. The van der Waals surface area contributed by atoms with Gasteiger partial charge in [0.25, 0.3) is 0 Å². The van der Waals surface area contributed by atoms with Gasteiger partial charge in [0.05, 0.1) is 21.7 Å². The van der Waals surface area contributed by atoms with Crippen molar-refractivity contribution in [1.29, 1.82) is 0 Å².